The molecule has 0 bridgehead atoms. The molecule has 0 aromatic heterocycles. The molecule has 1 aromatic rings. The van der Waals surface area contributed by atoms with Gasteiger partial charge in [-0.05, 0) is 12.1 Å². The molecule has 0 spiro atoms. The van der Waals surface area contributed by atoms with E-state index in [9.17, 15) is 18.6 Å². The summed E-state index contributed by atoms with van der Waals surface area (Å²) in [5.74, 6) is -0.392. The van der Waals surface area contributed by atoms with Gasteiger partial charge in [-0.3, -0.25) is 0 Å². The number of fused-ring (bicyclic) bond motifs is 1. The van der Waals surface area contributed by atoms with Crippen LogP contribution in [0, 0.1) is 0 Å². The summed E-state index contributed by atoms with van der Waals surface area (Å²) in [6.07, 6.45) is -6.14. The summed E-state index contributed by atoms with van der Waals surface area (Å²) in [6, 6.07) is 7.97. The smallest absolute Gasteiger partial charge is 0.186 e. The van der Waals surface area contributed by atoms with Gasteiger partial charge in [0, 0.05) is 7.11 Å². The summed E-state index contributed by atoms with van der Waals surface area (Å²) < 4.78 is 46.1. The Bertz CT molecular complexity index is 647. The first-order valence-electron chi connectivity index (χ1n) is 7.51. The molecule has 2 aliphatic rings. The maximum absolute atomic E-state index is 12.4. The Balaban J connectivity index is 1.69. The summed E-state index contributed by atoms with van der Waals surface area (Å²) in [6.45, 7) is 0.0310. The number of aliphatic hydroxyl groups is 2. The van der Waals surface area contributed by atoms with Gasteiger partial charge in [0.25, 0.3) is 0 Å². The largest absolute Gasteiger partial charge is 0.387 e. The number of methoxy groups -OCH3 is 1. The second kappa shape index (κ2) is 7.04. The van der Waals surface area contributed by atoms with Crippen LogP contribution in [0.2, 0.25) is 0 Å². The van der Waals surface area contributed by atoms with Crippen molar-refractivity contribution in [1.82, 2.24) is 0 Å². The second-order valence-corrected chi connectivity index (χ2v) is 7.75. The van der Waals surface area contributed by atoms with Crippen LogP contribution in [0.25, 0.3) is 0 Å². The molecular formula is C15H20O8S. The predicted octanol–water partition coefficient (Wildman–Crippen LogP) is -0.705. The van der Waals surface area contributed by atoms with Gasteiger partial charge >= 0.3 is 0 Å². The van der Waals surface area contributed by atoms with Crippen molar-refractivity contribution >= 4 is 9.84 Å². The summed E-state index contributed by atoms with van der Waals surface area (Å²) >= 11 is 0. The fourth-order valence-corrected chi connectivity index (χ4v) is 4.11. The molecule has 0 saturated carbocycles. The minimum Gasteiger partial charge on any atom is -0.387 e. The van der Waals surface area contributed by atoms with Crippen molar-refractivity contribution in [3.05, 3.63) is 30.3 Å². The van der Waals surface area contributed by atoms with Crippen LogP contribution in [-0.2, 0) is 28.8 Å². The van der Waals surface area contributed by atoms with Crippen LogP contribution in [-0.4, -0.2) is 75.1 Å². The maximum atomic E-state index is 12.4. The van der Waals surface area contributed by atoms with Crippen molar-refractivity contribution in [3.8, 4) is 0 Å². The van der Waals surface area contributed by atoms with Crippen LogP contribution in [0.1, 0.15) is 0 Å². The number of hydrogen-bond acceptors (Lipinski definition) is 8. The average Bonchev–Trinajstić information content (AvgIpc) is 2.59. The third kappa shape index (κ3) is 3.47. The van der Waals surface area contributed by atoms with Crippen molar-refractivity contribution in [2.75, 3.05) is 19.5 Å². The lowest BCUT2D eigenvalue weighted by Crippen LogP contribution is -2.63. The Kier molecular flexibility index (Phi) is 5.21. The summed E-state index contributed by atoms with van der Waals surface area (Å²) in [4.78, 5) is 0.166. The highest BCUT2D eigenvalue weighted by atomic mass is 32.2. The quantitative estimate of drug-likeness (QED) is 0.725. The van der Waals surface area contributed by atoms with E-state index in [1.54, 1.807) is 18.2 Å². The highest BCUT2D eigenvalue weighted by Crippen LogP contribution is 2.29. The van der Waals surface area contributed by atoms with E-state index in [0.717, 1.165) is 0 Å². The number of aliphatic hydroxyl groups excluding tert-OH is 2. The number of rotatable bonds is 4. The van der Waals surface area contributed by atoms with Crippen molar-refractivity contribution < 1.29 is 37.6 Å². The van der Waals surface area contributed by atoms with Crippen molar-refractivity contribution in [1.29, 1.82) is 0 Å². The summed E-state index contributed by atoms with van der Waals surface area (Å²) in [5.41, 5.74) is 0. The molecule has 2 N–H and O–H groups in total. The molecule has 2 saturated heterocycles. The average molecular weight is 360 g/mol. The minimum absolute atomic E-state index is 0.0310. The molecule has 3 rings (SSSR count). The van der Waals surface area contributed by atoms with E-state index in [4.69, 9.17) is 18.9 Å². The number of hydrogen-bond donors (Lipinski definition) is 2. The van der Waals surface area contributed by atoms with Gasteiger partial charge in [-0.2, -0.15) is 0 Å². The van der Waals surface area contributed by atoms with Crippen LogP contribution >= 0.6 is 0 Å². The molecule has 2 heterocycles. The number of sulfone groups is 1. The van der Waals surface area contributed by atoms with Gasteiger partial charge in [0.1, 0.15) is 30.2 Å². The SMILES string of the molecule is CO[C@@H]1O[C@@H]2CO[C@@H](CS(=O)(=O)c3ccccc3)O[C@@H]2[C@H](O)[C@H]1O. The minimum atomic E-state index is -3.60. The topological polar surface area (TPSA) is 112 Å². The predicted molar refractivity (Wildman–Crippen MR) is 80.8 cm³/mol. The molecule has 2 aliphatic heterocycles. The molecule has 0 amide bonds. The van der Waals surface area contributed by atoms with Crippen LogP contribution in [0.4, 0.5) is 0 Å². The monoisotopic (exact) mass is 360 g/mol. The van der Waals surface area contributed by atoms with E-state index in [1.165, 1.54) is 19.2 Å². The van der Waals surface area contributed by atoms with Crippen LogP contribution < -0.4 is 0 Å². The third-order valence-electron chi connectivity index (χ3n) is 4.09. The zero-order valence-electron chi connectivity index (χ0n) is 13.0. The van der Waals surface area contributed by atoms with Gasteiger partial charge in [0.2, 0.25) is 0 Å². The molecule has 0 unspecified atom stereocenters. The molecular weight excluding hydrogens is 340 g/mol. The Morgan fingerprint density at radius 2 is 1.88 bits per heavy atom. The van der Waals surface area contributed by atoms with Crippen LogP contribution in [0.5, 0.6) is 0 Å². The number of benzene rings is 1. The van der Waals surface area contributed by atoms with E-state index >= 15 is 0 Å². The molecule has 8 nitrogen and oxygen atoms in total. The van der Waals surface area contributed by atoms with Crippen molar-refractivity contribution in [2.24, 2.45) is 0 Å². The molecule has 9 heteroatoms. The van der Waals surface area contributed by atoms with Gasteiger partial charge < -0.3 is 29.2 Å². The van der Waals surface area contributed by atoms with Crippen LogP contribution in [0.15, 0.2) is 35.2 Å². The number of ether oxygens (including phenoxy) is 4. The standard InChI is InChI=1S/C15H20O8S/c1-20-15-13(17)12(16)14-10(22-15)7-21-11(23-14)8-24(18,19)9-5-3-2-4-6-9/h2-6,10-17H,7-8H2,1H3/t10-,11-,12-,13-,14+,15-/m1/s1. The van der Waals surface area contributed by atoms with Gasteiger partial charge in [-0.15, -0.1) is 0 Å². The lowest BCUT2D eigenvalue weighted by molar-refractivity contribution is -0.351. The first-order chi connectivity index (χ1) is 11.4. The first-order valence-corrected chi connectivity index (χ1v) is 9.17. The van der Waals surface area contributed by atoms with E-state index < -0.39 is 52.6 Å². The summed E-state index contributed by atoms with van der Waals surface area (Å²) in [7, 11) is -2.26. The van der Waals surface area contributed by atoms with Gasteiger partial charge in [-0.1, -0.05) is 18.2 Å². The fourth-order valence-electron chi connectivity index (χ4n) is 2.81. The van der Waals surface area contributed by atoms with Gasteiger partial charge in [0.05, 0.1) is 11.5 Å². The molecule has 2 fully saturated rings. The highest BCUT2D eigenvalue weighted by molar-refractivity contribution is 7.91. The lowest BCUT2D eigenvalue weighted by Gasteiger charge is -2.45. The Labute approximate surface area is 139 Å². The van der Waals surface area contributed by atoms with Crippen LogP contribution in [0.3, 0.4) is 0 Å². The maximum Gasteiger partial charge on any atom is 0.186 e. The van der Waals surface area contributed by atoms with Crippen molar-refractivity contribution in [2.45, 2.75) is 41.9 Å². The molecule has 24 heavy (non-hydrogen) atoms. The molecule has 0 aliphatic carbocycles. The van der Waals surface area contributed by atoms with E-state index in [0.29, 0.717) is 0 Å². The zero-order valence-corrected chi connectivity index (χ0v) is 13.8. The Hall–Kier alpha value is -1.07. The van der Waals surface area contributed by atoms with E-state index in [2.05, 4.69) is 0 Å². The fraction of sp³-hybridized carbons (Fsp3) is 0.600. The molecule has 134 valence electrons. The lowest BCUT2D eigenvalue weighted by atomic mass is 9.98. The molecule has 0 radical (unpaired) electrons. The van der Waals surface area contributed by atoms with E-state index in [1.807, 2.05) is 0 Å². The van der Waals surface area contributed by atoms with E-state index in [-0.39, 0.29) is 11.5 Å². The van der Waals surface area contributed by atoms with Gasteiger partial charge in [-0.25, -0.2) is 8.42 Å². The normalized spacial score (nSPS) is 37.0. The third-order valence-corrected chi connectivity index (χ3v) is 5.79. The summed E-state index contributed by atoms with van der Waals surface area (Å²) in [5, 5.41) is 20.1. The first kappa shape index (κ1) is 17.7. The Morgan fingerprint density at radius 1 is 1.17 bits per heavy atom. The second-order valence-electron chi connectivity index (χ2n) is 5.72. The van der Waals surface area contributed by atoms with Gasteiger partial charge in [0.15, 0.2) is 22.4 Å². The highest BCUT2D eigenvalue weighted by Gasteiger charge is 2.49. The molecule has 6 atom stereocenters. The molecule has 1 aromatic carbocycles. The Morgan fingerprint density at radius 3 is 2.54 bits per heavy atom. The van der Waals surface area contributed by atoms with Crippen molar-refractivity contribution in [3.63, 3.8) is 0 Å². The zero-order chi connectivity index (χ0) is 17.3.